The Morgan fingerprint density at radius 1 is 0.625 bits per heavy atom. The van der Waals surface area contributed by atoms with Crippen LogP contribution in [0.4, 0.5) is 32.0 Å². The summed E-state index contributed by atoms with van der Waals surface area (Å²) in [4.78, 5) is 51.9. The van der Waals surface area contributed by atoms with Crippen LogP contribution in [0.5, 0.6) is 5.75 Å². The van der Waals surface area contributed by atoms with E-state index in [0.717, 1.165) is 13.1 Å². The first-order valence-electron chi connectivity index (χ1n) is 11.5. The molecule has 7 nitrogen and oxygen atoms in total. The number of rotatable bonds is 3. The molecule has 2 aliphatic heterocycles. The van der Waals surface area contributed by atoms with Crippen LogP contribution in [0.15, 0.2) is 54.6 Å². The number of hydrogen-bond acceptors (Lipinski definition) is 5. The Labute approximate surface area is 221 Å². The van der Waals surface area contributed by atoms with Gasteiger partial charge >= 0.3 is 12.4 Å². The van der Waals surface area contributed by atoms with Crippen molar-refractivity contribution in [2.45, 2.75) is 24.7 Å². The van der Waals surface area contributed by atoms with E-state index in [1.807, 2.05) is 0 Å². The van der Waals surface area contributed by atoms with Gasteiger partial charge in [0.1, 0.15) is 5.75 Å². The predicted molar refractivity (Wildman–Crippen MR) is 126 cm³/mol. The molecule has 0 spiro atoms. The Morgan fingerprint density at radius 2 is 1.07 bits per heavy atom. The Balaban J connectivity index is 1.73. The normalized spacial score (nSPS) is 15.7. The number of amides is 4. The molecule has 0 bridgehead atoms. The quantitative estimate of drug-likeness (QED) is 0.353. The van der Waals surface area contributed by atoms with Crippen molar-refractivity contribution in [3.8, 4) is 5.75 Å². The fourth-order valence-corrected chi connectivity index (χ4v) is 5.06. The van der Waals surface area contributed by atoms with Gasteiger partial charge < -0.3 is 5.11 Å². The Bertz CT molecular complexity index is 1650. The molecular formula is C27H16F6N2O5. The first-order valence-corrected chi connectivity index (χ1v) is 11.5. The van der Waals surface area contributed by atoms with Crippen molar-refractivity contribution in [1.29, 1.82) is 0 Å². The summed E-state index contributed by atoms with van der Waals surface area (Å²) in [5.41, 5.74) is -9.45. The Morgan fingerprint density at radius 3 is 1.57 bits per heavy atom. The van der Waals surface area contributed by atoms with Crippen LogP contribution in [0.1, 0.15) is 58.1 Å². The third-order valence-corrected chi connectivity index (χ3v) is 7.13. The number of aryl methyl sites for hydroxylation is 1. The van der Waals surface area contributed by atoms with E-state index >= 15 is 0 Å². The van der Waals surface area contributed by atoms with Gasteiger partial charge in [-0.1, -0.05) is 12.1 Å². The molecule has 0 aliphatic carbocycles. The average Bonchev–Trinajstić information content (AvgIpc) is 3.24. The minimum atomic E-state index is -6.05. The molecule has 0 radical (unpaired) electrons. The van der Waals surface area contributed by atoms with Crippen LogP contribution in [0.3, 0.4) is 0 Å². The number of hydrogen-bond donors (Lipinski definition) is 1. The van der Waals surface area contributed by atoms with Gasteiger partial charge in [0.2, 0.25) is 5.41 Å². The first kappa shape index (κ1) is 26.9. The lowest BCUT2D eigenvalue weighted by Crippen LogP contribution is -2.55. The summed E-state index contributed by atoms with van der Waals surface area (Å²) in [6.07, 6.45) is -12.1. The van der Waals surface area contributed by atoms with Crippen molar-refractivity contribution < 1.29 is 50.6 Å². The number of benzene rings is 3. The van der Waals surface area contributed by atoms with Gasteiger partial charge in [-0.15, -0.1) is 0 Å². The van der Waals surface area contributed by atoms with E-state index in [-0.39, 0.29) is 22.6 Å². The van der Waals surface area contributed by atoms with Gasteiger partial charge in [-0.05, 0) is 66.1 Å². The van der Waals surface area contributed by atoms with E-state index < -0.39 is 69.2 Å². The summed E-state index contributed by atoms with van der Waals surface area (Å²) in [5, 5.41) is 9.74. The van der Waals surface area contributed by atoms with E-state index in [4.69, 9.17) is 0 Å². The largest absolute Gasteiger partial charge is 0.508 e. The van der Waals surface area contributed by atoms with E-state index in [1.54, 1.807) is 0 Å². The molecule has 13 heteroatoms. The molecule has 0 aromatic heterocycles. The van der Waals surface area contributed by atoms with Crippen LogP contribution < -0.4 is 4.90 Å². The van der Waals surface area contributed by atoms with Crippen LogP contribution in [0.25, 0.3) is 0 Å². The van der Waals surface area contributed by atoms with Crippen molar-refractivity contribution in [3.63, 3.8) is 0 Å². The van der Waals surface area contributed by atoms with Crippen LogP contribution in [-0.4, -0.2) is 53.0 Å². The standard InChI is InChI=1S/C27H16F6N2O5/c1-12-9-15(5-8-20(12)36)35-23(39)17-7-4-14(11-19(17)24(35)40)25(26(28,29)30,27(31,32)33)13-3-6-16-18(10-13)22(38)34(2)21(16)37/h3-11,36H,1-2H3. The lowest BCUT2D eigenvalue weighted by Gasteiger charge is -2.38. The number of carbonyl (C=O) groups is 4. The highest BCUT2D eigenvalue weighted by Crippen LogP contribution is 2.57. The average molecular weight is 562 g/mol. The highest BCUT2D eigenvalue weighted by Gasteiger charge is 2.73. The maximum absolute atomic E-state index is 14.7. The van der Waals surface area contributed by atoms with Crippen LogP contribution in [-0.2, 0) is 5.41 Å². The third kappa shape index (κ3) is 3.46. The summed E-state index contributed by atoms with van der Waals surface area (Å²) in [5.74, 6) is -4.27. The fraction of sp³-hybridized carbons (Fsp3) is 0.185. The van der Waals surface area contributed by atoms with Gasteiger partial charge in [0.25, 0.3) is 23.6 Å². The van der Waals surface area contributed by atoms with Crippen LogP contribution >= 0.6 is 0 Å². The van der Waals surface area contributed by atoms with Crippen molar-refractivity contribution >= 4 is 29.3 Å². The summed E-state index contributed by atoms with van der Waals surface area (Å²) in [6.45, 7) is 1.46. The van der Waals surface area contributed by atoms with Crippen molar-refractivity contribution in [2.75, 3.05) is 11.9 Å². The minimum Gasteiger partial charge on any atom is -0.508 e. The second-order valence-electron chi connectivity index (χ2n) is 9.35. The predicted octanol–water partition coefficient (Wildman–Crippen LogP) is 5.14. The van der Waals surface area contributed by atoms with Gasteiger partial charge in [-0.25, -0.2) is 4.90 Å². The molecular weight excluding hydrogens is 546 g/mol. The number of nitrogens with zero attached hydrogens (tertiary/aromatic N) is 2. The molecule has 3 aromatic carbocycles. The van der Waals surface area contributed by atoms with Crippen molar-refractivity contribution in [3.05, 3.63) is 93.5 Å². The van der Waals surface area contributed by atoms with Crippen LogP contribution in [0, 0.1) is 6.92 Å². The molecule has 3 aromatic rings. The molecule has 2 aliphatic rings. The summed E-state index contributed by atoms with van der Waals surface area (Å²) < 4.78 is 88.4. The van der Waals surface area contributed by atoms with Gasteiger partial charge in [0.15, 0.2) is 0 Å². The molecule has 40 heavy (non-hydrogen) atoms. The maximum atomic E-state index is 14.7. The van der Waals surface area contributed by atoms with Crippen molar-refractivity contribution in [2.24, 2.45) is 0 Å². The topological polar surface area (TPSA) is 95.0 Å². The third-order valence-electron chi connectivity index (χ3n) is 7.13. The Kier molecular flexibility index (Phi) is 5.66. The summed E-state index contributed by atoms with van der Waals surface area (Å²) in [7, 11) is 1.04. The minimum absolute atomic E-state index is 0.0492. The van der Waals surface area contributed by atoms with Gasteiger partial charge in [-0.2, -0.15) is 26.3 Å². The maximum Gasteiger partial charge on any atom is 0.411 e. The molecule has 206 valence electrons. The number of carbonyl (C=O) groups excluding carboxylic acids is 4. The molecule has 0 atom stereocenters. The Hall–Kier alpha value is -4.68. The molecule has 0 unspecified atom stereocenters. The molecule has 2 heterocycles. The summed E-state index contributed by atoms with van der Waals surface area (Å²) in [6, 6.07) is 6.74. The fourth-order valence-electron chi connectivity index (χ4n) is 5.06. The van der Waals surface area contributed by atoms with Crippen molar-refractivity contribution in [1.82, 2.24) is 4.90 Å². The van der Waals surface area contributed by atoms with Crippen LogP contribution in [0.2, 0.25) is 0 Å². The molecule has 4 amide bonds. The lowest BCUT2D eigenvalue weighted by molar-refractivity contribution is -0.288. The van der Waals surface area contributed by atoms with E-state index in [9.17, 15) is 50.6 Å². The number of phenolic OH excluding ortho intramolecular Hbond substituents is 1. The lowest BCUT2D eigenvalue weighted by atomic mass is 9.71. The van der Waals surface area contributed by atoms with E-state index in [0.29, 0.717) is 40.1 Å². The number of anilines is 1. The highest BCUT2D eigenvalue weighted by molar-refractivity contribution is 6.34. The zero-order chi connectivity index (χ0) is 29.5. The highest BCUT2D eigenvalue weighted by atomic mass is 19.4. The monoisotopic (exact) mass is 562 g/mol. The number of alkyl halides is 6. The van der Waals surface area contributed by atoms with E-state index in [2.05, 4.69) is 0 Å². The van der Waals surface area contributed by atoms with Gasteiger partial charge in [-0.3, -0.25) is 24.1 Å². The smallest absolute Gasteiger partial charge is 0.411 e. The molecule has 0 fully saturated rings. The zero-order valence-corrected chi connectivity index (χ0v) is 20.4. The number of phenols is 1. The van der Waals surface area contributed by atoms with Gasteiger partial charge in [0.05, 0.1) is 27.9 Å². The number of imide groups is 2. The number of halogens is 6. The van der Waals surface area contributed by atoms with E-state index in [1.165, 1.54) is 25.1 Å². The molecule has 5 rings (SSSR count). The molecule has 0 saturated carbocycles. The second kappa shape index (κ2) is 8.41. The SMILES string of the molecule is Cc1cc(N2C(=O)c3ccc(C(c4ccc5c(c4)C(=O)N(C)C5=O)(C(F)(F)F)C(F)(F)F)cc3C2=O)ccc1O. The molecule has 1 N–H and O–H groups in total. The zero-order valence-electron chi connectivity index (χ0n) is 20.4. The summed E-state index contributed by atoms with van der Waals surface area (Å²) >= 11 is 0. The molecule has 0 saturated heterocycles. The second-order valence-corrected chi connectivity index (χ2v) is 9.35. The first-order chi connectivity index (χ1) is 18.5. The number of fused-ring (bicyclic) bond motifs is 2. The number of aromatic hydroxyl groups is 1. The van der Waals surface area contributed by atoms with Gasteiger partial charge in [0, 0.05) is 7.05 Å².